The average molecular weight is 521 g/mol. The summed E-state index contributed by atoms with van der Waals surface area (Å²) in [5.41, 5.74) is -3.11. The maximum absolute atomic E-state index is 14.8. The molecule has 2 aromatic carbocycles. The molecule has 0 bridgehead atoms. The molecule has 0 spiro atoms. The van der Waals surface area contributed by atoms with Gasteiger partial charge in [0.2, 0.25) is 11.8 Å². The van der Waals surface area contributed by atoms with Crippen molar-refractivity contribution in [3.05, 3.63) is 69.8 Å². The summed E-state index contributed by atoms with van der Waals surface area (Å²) in [4.78, 5) is 50.5. The van der Waals surface area contributed by atoms with Gasteiger partial charge in [-0.2, -0.15) is 22.0 Å². The van der Waals surface area contributed by atoms with E-state index < -0.39 is 58.8 Å². The maximum Gasteiger partial charge on any atom is 0.416 e. The Morgan fingerprint density at radius 3 is 2.43 bits per heavy atom. The SMILES string of the molecule is BC1(N2Cc3cc(CNC(=O)C(F)(F)c4ccc(C)cc4C(F)(F)F)ccc3C2=O)CCC(=O)NC1=O. The van der Waals surface area contributed by atoms with Crippen LogP contribution in [0.5, 0.6) is 0 Å². The third-order valence-corrected chi connectivity index (χ3v) is 6.71. The molecule has 1 saturated heterocycles. The number of carbonyl (C=O) groups excluding carboxylic acids is 4. The fraction of sp³-hybridized carbons (Fsp3) is 0.333. The number of piperidine rings is 1. The van der Waals surface area contributed by atoms with Gasteiger partial charge in [-0.25, -0.2) is 0 Å². The number of nitrogens with one attached hydrogen (secondary N) is 2. The zero-order valence-electron chi connectivity index (χ0n) is 19.8. The van der Waals surface area contributed by atoms with Gasteiger partial charge in [0, 0.05) is 30.6 Å². The van der Waals surface area contributed by atoms with E-state index in [-0.39, 0.29) is 30.5 Å². The number of aryl methyl sites for hydroxylation is 1. The van der Waals surface area contributed by atoms with Gasteiger partial charge < -0.3 is 10.2 Å². The number of fused-ring (bicyclic) bond motifs is 1. The van der Waals surface area contributed by atoms with Gasteiger partial charge in [-0.15, -0.1) is 0 Å². The molecule has 4 amide bonds. The summed E-state index contributed by atoms with van der Waals surface area (Å²) in [6.45, 7) is 0.898. The molecule has 2 heterocycles. The summed E-state index contributed by atoms with van der Waals surface area (Å²) >= 11 is 0. The van der Waals surface area contributed by atoms with Gasteiger partial charge >= 0.3 is 12.1 Å². The van der Waals surface area contributed by atoms with Crippen LogP contribution in [0, 0.1) is 6.92 Å². The predicted octanol–water partition coefficient (Wildman–Crippen LogP) is 2.14. The number of alkyl halides is 5. The highest BCUT2D eigenvalue weighted by atomic mass is 19.4. The minimum absolute atomic E-state index is 0.0164. The molecule has 2 aliphatic rings. The van der Waals surface area contributed by atoms with Gasteiger partial charge in [-0.05, 0) is 36.6 Å². The molecular formula is C24H21BF5N3O4. The van der Waals surface area contributed by atoms with Crippen LogP contribution in [0.1, 0.15) is 51.0 Å². The molecule has 0 radical (unpaired) electrons. The van der Waals surface area contributed by atoms with Crippen molar-refractivity contribution in [2.24, 2.45) is 0 Å². The van der Waals surface area contributed by atoms with Crippen molar-refractivity contribution in [3.8, 4) is 0 Å². The topological polar surface area (TPSA) is 95.6 Å². The Morgan fingerprint density at radius 1 is 1.08 bits per heavy atom. The molecule has 7 nitrogen and oxygen atoms in total. The molecule has 194 valence electrons. The molecule has 1 unspecified atom stereocenters. The van der Waals surface area contributed by atoms with E-state index in [1.54, 1.807) is 7.85 Å². The van der Waals surface area contributed by atoms with Crippen LogP contribution >= 0.6 is 0 Å². The van der Waals surface area contributed by atoms with Gasteiger partial charge in [-0.1, -0.05) is 29.8 Å². The highest BCUT2D eigenvalue weighted by Gasteiger charge is 2.49. The van der Waals surface area contributed by atoms with Crippen LogP contribution in [0.15, 0.2) is 36.4 Å². The van der Waals surface area contributed by atoms with Crippen molar-refractivity contribution in [3.63, 3.8) is 0 Å². The number of rotatable bonds is 5. The summed E-state index contributed by atoms with van der Waals surface area (Å²) in [6.07, 6.45) is -4.89. The van der Waals surface area contributed by atoms with Crippen LogP contribution < -0.4 is 10.6 Å². The number of carbonyl (C=O) groups is 4. The largest absolute Gasteiger partial charge is 0.416 e. The second kappa shape index (κ2) is 8.96. The van der Waals surface area contributed by atoms with E-state index in [0.29, 0.717) is 23.3 Å². The molecule has 37 heavy (non-hydrogen) atoms. The molecule has 1 atom stereocenters. The third-order valence-electron chi connectivity index (χ3n) is 6.71. The van der Waals surface area contributed by atoms with Crippen LogP contribution in [0.2, 0.25) is 0 Å². The van der Waals surface area contributed by atoms with Crippen molar-refractivity contribution in [2.45, 2.75) is 50.4 Å². The number of hydrogen-bond acceptors (Lipinski definition) is 4. The second-order valence-electron chi connectivity index (χ2n) is 9.34. The first kappa shape index (κ1) is 26.3. The smallest absolute Gasteiger partial charge is 0.346 e. The van der Waals surface area contributed by atoms with Gasteiger partial charge in [0.25, 0.3) is 11.8 Å². The molecular weight excluding hydrogens is 500 g/mol. The Bertz CT molecular complexity index is 1330. The van der Waals surface area contributed by atoms with E-state index in [1.165, 1.54) is 30.0 Å². The first-order valence-electron chi connectivity index (χ1n) is 11.3. The standard InChI is InChI=1S/C24H21BF5N3O4/c1-12-2-5-16(17(8-12)24(28,29)30)23(26,27)21(37)31-10-13-3-4-15-14(9-13)11-33(19(15)35)22(25)7-6-18(34)32-20(22)36/h2-5,8-9H,6-7,10-11,25H2,1H3,(H,31,37)(H,32,34,36). The lowest BCUT2D eigenvalue weighted by atomic mass is 9.70. The zero-order chi connectivity index (χ0) is 27.3. The lowest BCUT2D eigenvalue weighted by Crippen LogP contribution is -2.63. The van der Waals surface area contributed by atoms with Crippen LogP contribution in [0.25, 0.3) is 0 Å². The number of nitrogens with zero attached hydrogens (tertiary/aromatic N) is 1. The summed E-state index contributed by atoms with van der Waals surface area (Å²) in [5.74, 6) is -7.84. The lowest BCUT2D eigenvalue weighted by Gasteiger charge is -2.39. The molecule has 2 aromatic rings. The number of imide groups is 1. The zero-order valence-corrected chi connectivity index (χ0v) is 19.8. The van der Waals surface area contributed by atoms with Crippen LogP contribution in [0.3, 0.4) is 0 Å². The summed E-state index contributed by atoms with van der Waals surface area (Å²) in [5, 5.41) is 4.19. The van der Waals surface area contributed by atoms with Crippen molar-refractivity contribution in [1.82, 2.24) is 15.5 Å². The van der Waals surface area contributed by atoms with Crippen LogP contribution in [0.4, 0.5) is 22.0 Å². The predicted molar refractivity (Wildman–Crippen MR) is 122 cm³/mol. The summed E-state index contributed by atoms with van der Waals surface area (Å²) in [6, 6.07) is 6.55. The van der Waals surface area contributed by atoms with Gasteiger partial charge in [0.1, 0.15) is 7.85 Å². The Morgan fingerprint density at radius 2 is 1.78 bits per heavy atom. The third kappa shape index (κ3) is 4.69. The quantitative estimate of drug-likeness (QED) is 0.358. The van der Waals surface area contributed by atoms with Gasteiger partial charge in [0.05, 0.1) is 11.0 Å². The van der Waals surface area contributed by atoms with E-state index in [1.807, 2.05) is 5.32 Å². The first-order chi connectivity index (χ1) is 17.1. The minimum Gasteiger partial charge on any atom is -0.346 e. The molecule has 2 N–H and O–H groups in total. The molecule has 2 aliphatic heterocycles. The Balaban J connectivity index is 1.50. The van der Waals surface area contributed by atoms with Crippen LogP contribution in [-0.4, -0.2) is 41.8 Å². The highest BCUT2D eigenvalue weighted by molar-refractivity contribution is 6.32. The molecule has 1 fully saturated rings. The highest BCUT2D eigenvalue weighted by Crippen LogP contribution is 2.40. The molecule has 4 rings (SSSR count). The van der Waals surface area contributed by atoms with E-state index in [4.69, 9.17) is 0 Å². The van der Waals surface area contributed by atoms with Crippen molar-refractivity contribution in [1.29, 1.82) is 0 Å². The Hall–Kier alpha value is -3.77. The number of benzene rings is 2. The number of amides is 4. The lowest BCUT2D eigenvalue weighted by molar-refractivity contribution is -0.153. The van der Waals surface area contributed by atoms with E-state index >= 15 is 0 Å². The summed E-state index contributed by atoms with van der Waals surface area (Å²) < 4.78 is 69.6. The Labute approximate surface area is 208 Å². The molecule has 0 aliphatic carbocycles. The molecule has 0 aromatic heterocycles. The van der Waals surface area contributed by atoms with E-state index in [9.17, 15) is 41.1 Å². The van der Waals surface area contributed by atoms with Crippen molar-refractivity contribution >= 4 is 31.5 Å². The van der Waals surface area contributed by atoms with Crippen molar-refractivity contribution < 1.29 is 41.1 Å². The van der Waals surface area contributed by atoms with E-state index in [2.05, 4.69) is 5.32 Å². The fourth-order valence-electron chi connectivity index (χ4n) is 4.52. The molecule has 0 saturated carbocycles. The average Bonchev–Trinajstić information content (AvgIpc) is 3.15. The number of hydrogen-bond donors (Lipinski definition) is 2. The van der Waals surface area contributed by atoms with Crippen LogP contribution in [-0.2, 0) is 39.6 Å². The summed E-state index contributed by atoms with van der Waals surface area (Å²) in [7, 11) is 1.54. The fourth-order valence-corrected chi connectivity index (χ4v) is 4.52. The number of halogens is 5. The molecule has 13 heteroatoms. The van der Waals surface area contributed by atoms with Gasteiger partial charge in [-0.3, -0.25) is 24.5 Å². The minimum atomic E-state index is -5.08. The normalized spacial score (nSPS) is 20.1. The van der Waals surface area contributed by atoms with E-state index in [0.717, 1.165) is 6.07 Å². The second-order valence-corrected chi connectivity index (χ2v) is 9.34. The monoisotopic (exact) mass is 521 g/mol. The van der Waals surface area contributed by atoms with Crippen molar-refractivity contribution in [2.75, 3.05) is 0 Å². The maximum atomic E-state index is 14.8. The first-order valence-corrected chi connectivity index (χ1v) is 11.3. The Kier molecular flexibility index (Phi) is 6.37. The van der Waals surface area contributed by atoms with Gasteiger partial charge in [0.15, 0.2) is 0 Å².